The molecular weight excluding hydrogens is 310 g/mol. The summed E-state index contributed by atoms with van der Waals surface area (Å²) in [6.45, 7) is 2.82. The second-order valence-corrected chi connectivity index (χ2v) is 6.82. The summed E-state index contributed by atoms with van der Waals surface area (Å²) in [7, 11) is 0. The normalized spacial score (nSPS) is 21.5. The summed E-state index contributed by atoms with van der Waals surface area (Å²) in [6.07, 6.45) is 7.27. The van der Waals surface area contributed by atoms with Crippen molar-refractivity contribution in [3.63, 3.8) is 0 Å². The van der Waals surface area contributed by atoms with Gasteiger partial charge in [0.05, 0.1) is 11.6 Å². The highest BCUT2D eigenvalue weighted by Gasteiger charge is 2.39. The van der Waals surface area contributed by atoms with Gasteiger partial charge in [-0.2, -0.15) is 0 Å². The van der Waals surface area contributed by atoms with Crippen LogP contribution in [0.4, 0.5) is 0 Å². The minimum absolute atomic E-state index is 0.00933. The van der Waals surface area contributed by atoms with Gasteiger partial charge < -0.3 is 10.5 Å². The van der Waals surface area contributed by atoms with Crippen LogP contribution in [0.25, 0.3) is 0 Å². The van der Waals surface area contributed by atoms with Crippen molar-refractivity contribution in [3.8, 4) is 0 Å². The molecule has 0 spiro atoms. The number of thiophene rings is 1. The molecule has 0 aliphatic heterocycles. The van der Waals surface area contributed by atoms with Crippen LogP contribution < -0.4 is 5.73 Å². The summed E-state index contributed by atoms with van der Waals surface area (Å²) in [5, 5.41) is 2.09. The summed E-state index contributed by atoms with van der Waals surface area (Å²) >= 11 is 5.33. The van der Waals surface area contributed by atoms with E-state index >= 15 is 0 Å². The van der Waals surface area contributed by atoms with E-state index in [0.717, 1.165) is 23.9 Å². The van der Waals surface area contributed by atoms with Gasteiger partial charge in [0, 0.05) is 16.0 Å². The summed E-state index contributed by atoms with van der Waals surface area (Å²) < 4.78 is 7.28. The van der Waals surface area contributed by atoms with Crippen molar-refractivity contribution in [3.05, 3.63) is 20.8 Å². The van der Waals surface area contributed by atoms with Crippen LogP contribution in [0.2, 0.25) is 0 Å². The van der Waals surface area contributed by atoms with Crippen molar-refractivity contribution in [2.24, 2.45) is 5.73 Å². The Morgan fingerprint density at radius 1 is 1.39 bits per heavy atom. The lowest BCUT2D eigenvalue weighted by Gasteiger charge is -2.38. The zero-order chi connectivity index (χ0) is 13.0. The van der Waals surface area contributed by atoms with E-state index in [0.29, 0.717) is 0 Å². The molecule has 1 unspecified atom stereocenters. The molecule has 2 rings (SSSR count). The molecule has 18 heavy (non-hydrogen) atoms. The van der Waals surface area contributed by atoms with Gasteiger partial charge in [-0.3, -0.25) is 0 Å². The molecule has 0 bridgehead atoms. The second kappa shape index (κ2) is 6.51. The minimum atomic E-state index is -0.154. The number of halogens is 1. The molecule has 1 atom stereocenters. The molecule has 0 aromatic carbocycles. The Morgan fingerprint density at radius 3 is 2.56 bits per heavy atom. The SMILES string of the molecule is CCOC1(C(N)c2sccc2Br)CCCCCC1. The van der Waals surface area contributed by atoms with E-state index in [2.05, 4.69) is 34.3 Å². The molecule has 4 heteroatoms. The highest BCUT2D eigenvalue weighted by Crippen LogP contribution is 2.42. The van der Waals surface area contributed by atoms with Gasteiger partial charge in [0.1, 0.15) is 0 Å². The van der Waals surface area contributed by atoms with Crippen LogP contribution in [-0.2, 0) is 4.74 Å². The first-order valence-corrected chi connectivity index (χ1v) is 8.49. The Hall–Kier alpha value is 0.100. The summed E-state index contributed by atoms with van der Waals surface area (Å²) in [5.41, 5.74) is 6.41. The van der Waals surface area contributed by atoms with E-state index in [-0.39, 0.29) is 11.6 Å². The van der Waals surface area contributed by atoms with Crippen LogP contribution in [0.15, 0.2) is 15.9 Å². The third kappa shape index (κ3) is 2.98. The van der Waals surface area contributed by atoms with Crippen molar-refractivity contribution in [1.29, 1.82) is 0 Å². The zero-order valence-corrected chi connectivity index (χ0v) is 13.4. The first kappa shape index (κ1) is 14.5. The third-order valence-electron chi connectivity index (χ3n) is 3.88. The summed E-state index contributed by atoms with van der Waals surface area (Å²) in [4.78, 5) is 1.23. The molecule has 1 fully saturated rings. The Bertz CT molecular complexity index is 372. The molecule has 1 saturated carbocycles. The topological polar surface area (TPSA) is 35.2 Å². The van der Waals surface area contributed by atoms with Gasteiger partial charge in [0.2, 0.25) is 0 Å². The van der Waals surface area contributed by atoms with Crippen molar-refractivity contribution < 1.29 is 4.74 Å². The van der Waals surface area contributed by atoms with Gasteiger partial charge in [0.25, 0.3) is 0 Å². The van der Waals surface area contributed by atoms with Gasteiger partial charge in [-0.15, -0.1) is 11.3 Å². The Kier molecular flexibility index (Phi) is 5.24. The molecule has 1 aromatic heterocycles. The smallest absolute Gasteiger partial charge is 0.0882 e. The van der Waals surface area contributed by atoms with Gasteiger partial charge in [-0.05, 0) is 47.1 Å². The second-order valence-electron chi connectivity index (χ2n) is 5.02. The predicted octanol–water partition coefficient (Wildman–Crippen LogP) is 4.64. The van der Waals surface area contributed by atoms with Crippen LogP contribution in [-0.4, -0.2) is 12.2 Å². The lowest BCUT2D eigenvalue weighted by molar-refractivity contribution is -0.0690. The van der Waals surface area contributed by atoms with Crippen molar-refractivity contribution in [1.82, 2.24) is 0 Å². The number of ether oxygens (including phenoxy) is 1. The average Bonchev–Trinajstić information content (AvgIpc) is 2.64. The van der Waals surface area contributed by atoms with Crippen LogP contribution in [0.3, 0.4) is 0 Å². The zero-order valence-electron chi connectivity index (χ0n) is 11.0. The maximum absolute atomic E-state index is 6.56. The summed E-state index contributed by atoms with van der Waals surface area (Å²) in [5.74, 6) is 0. The highest BCUT2D eigenvalue weighted by atomic mass is 79.9. The first-order chi connectivity index (χ1) is 8.69. The van der Waals surface area contributed by atoms with E-state index in [4.69, 9.17) is 10.5 Å². The molecule has 1 aliphatic rings. The molecule has 102 valence electrons. The maximum atomic E-state index is 6.56. The average molecular weight is 332 g/mol. The monoisotopic (exact) mass is 331 g/mol. The fourth-order valence-electron chi connectivity index (χ4n) is 2.93. The highest BCUT2D eigenvalue weighted by molar-refractivity contribution is 9.10. The van der Waals surface area contributed by atoms with Crippen molar-refractivity contribution in [2.45, 2.75) is 57.1 Å². The van der Waals surface area contributed by atoms with Gasteiger partial charge in [-0.25, -0.2) is 0 Å². The Labute approximate surface area is 122 Å². The lowest BCUT2D eigenvalue weighted by Crippen LogP contribution is -2.43. The fraction of sp³-hybridized carbons (Fsp3) is 0.714. The van der Waals surface area contributed by atoms with Crippen LogP contribution in [0.5, 0.6) is 0 Å². The van der Waals surface area contributed by atoms with Gasteiger partial charge >= 0.3 is 0 Å². The standard InChI is InChI=1S/C14H22BrNOS/c1-2-17-14(8-5-3-4-6-9-14)13(16)12-11(15)7-10-18-12/h7,10,13H,2-6,8-9,16H2,1H3. The number of nitrogens with two attached hydrogens (primary N) is 1. The van der Waals surface area contributed by atoms with Crippen LogP contribution in [0.1, 0.15) is 56.4 Å². The number of rotatable bonds is 4. The van der Waals surface area contributed by atoms with Gasteiger partial charge in [0.15, 0.2) is 0 Å². The summed E-state index contributed by atoms with van der Waals surface area (Å²) in [6, 6.07) is 2.07. The molecule has 0 saturated heterocycles. The maximum Gasteiger partial charge on any atom is 0.0882 e. The van der Waals surface area contributed by atoms with E-state index in [9.17, 15) is 0 Å². The third-order valence-corrected chi connectivity index (χ3v) is 5.83. The largest absolute Gasteiger partial charge is 0.373 e. The first-order valence-electron chi connectivity index (χ1n) is 6.82. The van der Waals surface area contributed by atoms with Crippen molar-refractivity contribution in [2.75, 3.05) is 6.61 Å². The minimum Gasteiger partial charge on any atom is -0.373 e. The van der Waals surface area contributed by atoms with E-state index < -0.39 is 0 Å². The van der Waals surface area contributed by atoms with Crippen molar-refractivity contribution >= 4 is 27.3 Å². The Balaban J connectivity index is 2.25. The van der Waals surface area contributed by atoms with Gasteiger partial charge in [-0.1, -0.05) is 25.7 Å². The molecule has 1 heterocycles. The molecule has 2 N–H and O–H groups in total. The van der Waals surface area contributed by atoms with E-state index in [1.807, 2.05) is 0 Å². The molecule has 2 nitrogen and oxygen atoms in total. The predicted molar refractivity (Wildman–Crippen MR) is 81.0 cm³/mol. The Morgan fingerprint density at radius 2 is 2.06 bits per heavy atom. The number of hydrogen-bond donors (Lipinski definition) is 1. The molecule has 1 aromatic rings. The van der Waals surface area contributed by atoms with Crippen LogP contribution >= 0.6 is 27.3 Å². The quantitative estimate of drug-likeness (QED) is 0.815. The van der Waals surface area contributed by atoms with E-state index in [1.165, 1.54) is 30.6 Å². The molecular formula is C14H22BrNOS. The molecule has 0 radical (unpaired) electrons. The van der Waals surface area contributed by atoms with E-state index in [1.54, 1.807) is 11.3 Å². The van der Waals surface area contributed by atoms with Crippen LogP contribution in [0, 0.1) is 0 Å². The fourth-order valence-corrected chi connectivity index (χ4v) is 4.65. The molecule has 0 amide bonds. The number of hydrogen-bond acceptors (Lipinski definition) is 3. The molecule has 1 aliphatic carbocycles. The lowest BCUT2D eigenvalue weighted by atomic mass is 9.85.